The molecule has 0 unspecified atom stereocenters. The van der Waals surface area contributed by atoms with Crippen LogP contribution in [0.1, 0.15) is 33.6 Å². The van der Waals surface area contributed by atoms with Gasteiger partial charge in [-0.1, -0.05) is 0 Å². The average molecular weight is 461 g/mol. The highest BCUT2D eigenvalue weighted by atomic mass is 32.2. The Morgan fingerprint density at radius 2 is 1.53 bits per heavy atom. The molecule has 168 valence electrons. The molecule has 0 aliphatic carbocycles. The van der Waals surface area contributed by atoms with Gasteiger partial charge in [-0.15, -0.1) is 0 Å². The number of likely N-dealkylation sites (tertiary alicyclic amines) is 1. The normalized spacial score (nSPS) is 20.5. The van der Waals surface area contributed by atoms with Crippen molar-refractivity contribution >= 4 is 26.0 Å². The lowest BCUT2D eigenvalue weighted by Crippen LogP contribution is -2.56. The maximum atomic E-state index is 13.3. The third-order valence-electron chi connectivity index (χ3n) is 5.16. The first-order valence-electron chi connectivity index (χ1n) is 9.70. The number of carbonyl (C=O) groups excluding carboxylic acids is 1. The first kappa shape index (κ1) is 23.0. The summed E-state index contributed by atoms with van der Waals surface area (Å²) >= 11 is 0. The van der Waals surface area contributed by atoms with Crippen LogP contribution in [0.2, 0.25) is 0 Å². The summed E-state index contributed by atoms with van der Waals surface area (Å²) in [6.07, 6.45) is 1.29. The van der Waals surface area contributed by atoms with E-state index in [-0.39, 0.29) is 22.9 Å². The van der Waals surface area contributed by atoms with Crippen LogP contribution in [-0.4, -0.2) is 76.0 Å². The van der Waals surface area contributed by atoms with Crippen molar-refractivity contribution in [3.05, 3.63) is 24.3 Å². The van der Waals surface area contributed by atoms with Crippen LogP contribution in [0.4, 0.5) is 4.79 Å². The Balaban J connectivity index is 1.78. The van der Waals surface area contributed by atoms with Gasteiger partial charge >= 0.3 is 6.09 Å². The standard InChI is InChI=1S/C19H28N2O7S2/c1-18(2,3)28-17(22)20-11-9-19(10-12-20)21(13-14-27-19)30(25,26)16-7-5-15(6-8-16)29(4,23)24/h5-8H,9-14H2,1-4H3. The van der Waals surface area contributed by atoms with Gasteiger partial charge in [0.1, 0.15) is 11.3 Å². The Morgan fingerprint density at radius 1 is 1.00 bits per heavy atom. The van der Waals surface area contributed by atoms with Gasteiger partial charge < -0.3 is 14.4 Å². The molecular weight excluding hydrogens is 432 g/mol. The molecule has 0 atom stereocenters. The number of nitrogens with zero attached hydrogens (tertiary/aromatic N) is 2. The van der Waals surface area contributed by atoms with Crippen molar-refractivity contribution in [2.24, 2.45) is 0 Å². The third kappa shape index (κ3) is 4.63. The molecule has 2 aliphatic rings. The zero-order valence-electron chi connectivity index (χ0n) is 17.6. The number of carbonyl (C=O) groups is 1. The van der Waals surface area contributed by atoms with Crippen molar-refractivity contribution in [2.75, 3.05) is 32.5 Å². The Morgan fingerprint density at radius 3 is 2.03 bits per heavy atom. The lowest BCUT2D eigenvalue weighted by atomic mass is 10.0. The van der Waals surface area contributed by atoms with Crippen LogP contribution in [0.25, 0.3) is 0 Å². The molecule has 1 spiro atoms. The van der Waals surface area contributed by atoms with Crippen molar-refractivity contribution in [2.45, 2.75) is 54.7 Å². The van der Waals surface area contributed by atoms with Crippen molar-refractivity contribution in [1.82, 2.24) is 9.21 Å². The lowest BCUT2D eigenvalue weighted by Gasteiger charge is -2.42. The smallest absolute Gasteiger partial charge is 0.410 e. The zero-order valence-corrected chi connectivity index (χ0v) is 19.3. The van der Waals surface area contributed by atoms with Crippen LogP contribution in [0, 0.1) is 0 Å². The van der Waals surface area contributed by atoms with Gasteiger partial charge in [0.25, 0.3) is 0 Å². The van der Waals surface area contributed by atoms with Crippen LogP contribution >= 0.6 is 0 Å². The molecule has 2 saturated heterocycles. The molecule has 0 N–H and O–H groups in total. The third-order valence-corrected chi connectivity index (χ3v) is 8.25. The Hall–Kier alpha value is -1.69. The van der Waals surface area contributed by atoms with E-state index < -0.39 is 37.3 Å². The van der Waals surface area contributed by atoms with Crippen molar-refractivity contribution in [3.8, 4) is 0 Å². The van der Waals surface area contributed by atoms with E-state index in [1.165, 1.54) is 28.6 Å². The van der Waals surface area contributed by atoms with E-state index in [1.807, 2.05) is 0 Å². The summed E-state index contributed by atoms with van der Waals surface area (Å²) in [5.74, 6) is 0. The highest BCUT2D eigenvalue weighted by Crippen LogP contribution is 2.38. The van der Waals surface area contributed by atoms with Gasteiger partial charge in [0, 0.05) is 38.7 Å². The minimum atomic E-state index is -3.90. The molecule has 3 rings (SSSR count). The van der Waals surface area contributed by atoms with Crippen LogP contribution in [0.5, 0.6) is 0 Å². The van der Waals surface area contributed by atoms with Crippen LogP contribution in [0.3, 0.4) is 0 Å². The number of amides is 1. The van der Waals surface area contributed by atoms with Gasteiger partial charge in [-0.25, -0.2) is 21.6 Å². The SMILES string of the molecule is CC(C)(C)OC(=O)N1CCC2(CC1)OCCN2S(=O)(=O)c1ccc(S(C)(=O)=O)cc1. The van der Waals surface area contributed by atoms with Gasteiger partial charge in [-0.3, -0.25) is 0 Å². The number of piperidine rings is 1. The summed E-state index contributed by atoms with van der Waals surface area (Å²) in [6.45, 7) is 6.46. The fourth-order valence-corrected chi connectivity index (χ4v) is 6.03. The number of sulfone groups is 1. The number of hydrogen-bond donors (Lipinski definition) is 0. The van der Waals surface area contributed by atoms with Crippen molar-refractivity contribution in [3.63, 3.8) is 0 Å². The molecule has 0 bridgehead atoms. The molecular formula is C19H28N2O7S2. The second kappa shape index (κ2) is 7.77. The lowest BCUT2D eigenvalue weighted by molar-refractivity contribution is -0.0907. The van der Waals surface area contributed by atoms with Crippen LogP contribution in [0.15, 0.2) is 34.1 Å². The van der Waals surface area contributed by atoms with E-state index in [4.69, 9.17) is 9.47 Å². The fourth-order valence-electron chi connectivity index (χ4n) is 3.68. The van der Waals surface area contributed by atoms with Gasteiger partial charge in [-0.05, 0) is 45.0 Å². The molecule has 1 aromatic carbocycles. The molecule has 1 aromatic rings. The fraction of sp³-hybridized carbons (Fsp3) is 0.632. The predicted octanol–water partition coefficient (Wildman–Crippen LogP) is 1.84. The summed E-state index contributed by atoms with van der Waals surface area (Å²) in [6, 6.07) is 5.18. The van der Waals surface area contributed by atoms with E-state index >= 15 is 0 Å². The van der Waals surface area contributed by atoms with E-state index in [0.717, 1.165) is 6.26 Å². The number of benzene rings is 1. The average Bonchev–Trinajstić information content (AvgIpc) is 3.04. The van der Waals surface area contributed by atoms with Crippen LogP contribution < -0.4 is 0 Å². The molecule has 0 saturated carbocycles. The van der Waals surface area contributed by atoms with E-state index in [1.54, 1.807) is 25.7 Å². The van der Waals surface area contributed by atoms with Crippen LogP contribution in [-0.2, 0) is 29.3 Å². The highest BCUT2D eigenvalue weighted by molar-refractivity contribution is 7.90. The molecule has 9 nitrogen and oxygen atoms in total. The molecule has 2 aliphatic heterocycles. The summed E-state index contributed by atoms with van der Waals surface area (Å²) in [5.41, 5.74) is -1.63. The summed E-state index contributed by atoms with van der Waals surface area (Å²) in [5, 5.41) is 0. The summed E-state index contributed by atoms with van der Waals surface area (Å²) in [7, 11) is -7.32. The second-order valence-corrected chi connectivity index (χ2v) is 12.5. The van der Waals surface area contributed by atoms with Crippen molar-refractivity contribution in [1.29, 1.82) is 0 Å². The quantitative estimate of drug-likeness (QED) is 0.677. The minimum Gasteiger partial charge on any atom is -0.444 e. The van der Waals surface area contributed by atoms with Gasteiger partial charge in [0.15, 0.2) is 9.84 Å². The Bertz CT molecular complexity index is 1000. The topological polar surface area (TPSA) is 110 Å². The van der Waals surface area contributed by atoms with E-state index in [0.29, 0.717) is 25.9 Å². The number of sulfonamides is 1. The largest absolute Gasteiger partial charge is 0.444 e. The van der Waals surface area contributed by atoms with Crippen molar-refractivity contribution < 1.29 is 31.1 Å². The summed E-state index contributed by atoms with van der Waals surface area (Å²) in [4.78, 5) is 13.9. The molecule has 11 heteroatoms. The number of hydrogen-bond acceptors (Lipinski definition) is 7. The first-order valence-corrected chi connectivity index (χ1v) is 13.0. The molecule has 0 radical (unpaired) electrons. The first-order chi connectivity index (χ1) is 13.7. The van der Waals surface area contributed by atoms with Gasteiger partial charge in [0.05, 0.1) is 16.4 Å². The minimum absolute atomic E-state index is 0.00865. The second-order valence-electron chi connectivity index (χ2n) is 8.58. The number of ether oxygens (including phenoxy) is 2. The molecule has 0 aromatic heterocycles. The maximum Gasteiger partial charge on any atom is 0.410 e. The Labute approximate surface area is 177 Å². The molecule has 2 fully saturated rings. The molecule has 30 heavy (non-hydrogen) atoms. The van der Waals surface area contributed by atoms with E-state index in [2.05, 4.69) is 0 Å². The Kier molecular flexibility index (Phi) is 5.96. The predicted molar refractivity (Wildman–Crippen MR) is 109 cm³/mol. The number of rotatable bonds is 3. The zero-order chi connectivity index (χ0) is 22.4. The monoisotopic (exact) mass is 460 g/mol. The van der Waals surface area contributed by atoms with E-state index in [9.17, 15) is 21.6 Å². The highest BCUT2D eigenvalue weighted by Gasteiger charge is 2.51. The van der Waals surface area contributed by atoms with Gasteiger partial charge in [-0.2, -0.15) is 4.31 Å². The summed E-state index contributed by atoms with van der Waals surface area (Å²) < 4.78 is 62.4. The van der Waals surface area contributed by atoms with Gasteiger partial charge in [0.2, 0.25) is 10.0 Å². The maximum absolute atomic E-state index is 13.3. The molecule has 2 heterocycles. The molecule has 1 amide bonds.